The van der Waals surface area contributed by atoms with E-state index in [-0.39, 0.29) is 6.61 Å². The molecule has 0 rings (SSSR count). The van der Waals surface area contributed by atoms with Crippen molar-refractivity contribution in [3.63, 3.8) is 0 Å². The second-order valence-corrected chi connectivity index (χ2v) is 10.1. The molecular weight excluding hydrogens is 383 g/mol. The third kappa shape index (κ3) is 24.3. The average Bonchev–Trinajstić information content (AvgIpc) is 2.67. The van der Waals surface area contributed by atoms with Crippen molar-refractivity contribution >= 4 is 7.82 Å². The van der Waals surface area contributed by atoms with Crippen LogP contribution in [-0.2, 0) is 9.09 Å². The molecule has 0 spiro atoms. The van der Waals surface area contributed by atoms with Crippen LogP contribution in [0, 0.1) is 5.92 Å². The molecule has 0 unspecified atom stereocenters. The van der Waals surface area contributed by atoms with Crippen LogP contribution in [0.3, 0.4) is 0 Å². The van der Waals surface area contributed by atoms with Crippen LogP contribution in [0.4, 0.5) is 0 Å². The predicted octanol–water partition coefficient (Wildman–Crippen LogP) is 8.55. The fourth-order valence-corrected chi connectivity index (χ4v) is 4.49. The van der Waals surface area contributed by atoms with Crippen LogP contribution in [-0.4, -0.2) is 16.4 Å². The van der Waals surface area contributed by atoms with Crippen molar-refractivity contribution in [1.82, 2.24) is 0 Å². The molecule has 0 heterocycles. The first-order chi connectivity index (χ1) is 14.0. The highest BCUT2D eigenvalue weighted by molar-refractivity contribution is 7.46. The van der Waals surface area contributed by atoms with Gasteiger partial charge in [0.25, 0.3) is 0 Å². The summed E-state index contributed by atoms with van der Waals surface area (Å²) in [7, 11) is -4.31. The predicted molar refractivity (Wildman–Crippen MR) is 125 cm³/mol. The third-order valence-electron chi connectivity index (χ3n) is 5.95. The first kappa shape index (κ1) is 29.1. The Kier molecular flexibility index (Phi) is 21.4. The summed E-state index contributed by atoms with van der Waals surface area (Å²) in [5, 5.41) is 0. The molecule has 29 heavy (non-hydrogen) atoms. The Hall–Kier alpha value is 0.110. The Morgan fingerprint density at radius 3 is 1.31 bits per heavy atom. The van der Waals surface area contributed by atoms with E-state index in [0.29, 0.717) is 5.92 Å². The lowest BCUT2D eigenvalue weighted by Gasteiger charge is -2.17. The van der Waals surface area contributed by atoms with Gasteiger partial charge in [-0.15, -0.1) is 0 Å². The highest BCUT2D eigenvalue weighted by Crippen LogP contribution is 2.36. The highest BCUT2D eigenvalue weighted by Gasteiger charge is 2.14. The van der Waals surface area contributed by atoms with E-state index in [2.05, 4.69) is 18.4 Å². The van der Waals surface area contributed by atoms with Gasteiger partial charge in [0.2, 0.25) is 0 Å². The zero-order chi connectivity index (χ0) is 21.6. The van der Waals surface area contributed by atoms with Gasteiger partial charge in [0.1, 0.15) is 0 Å². The van der Waals surface area contributed by atoms with Gasteiger partial charge in [-0.1, -0.05) is 129 Å². The quantitative estimate of drug-likeness (QED) is 0.125. The molecule has 0 bridgehead atoms. The SMILES string of the molecule is CCCCCCCCCCC(CCCCCCCCCC)CCCOP(=O)(O)O. The Balaban J connectivity index is 3.89. The largest absolute Gasteiger partial charge is 0.469 e. The maximum absolute atomic E-state index is 10.8. The van der Waals surface area contributed by atoms with Crippen molar-refractivity contribution in [3.8, 4) is 0 Å². The highest BCUT2D eigenvalue weighted by atomic mass is 31.2. The van der Waals surface area contributed by atoms with Gasteiger partial charge in [0.05, 0.1) is 6.61 Å². The smallest absolute Gasteiger partial charge is 0.303 e. The van der Waals surface area contributed by atoms with Crippen LogP contribution in [0.25, 0.3) is 0 Å². The molecule has 0 aromatic heterocycles. The number of phosphoric ester groups is 1. The van der Waals surface area contributed by atoms with Crippen molar-refractivity contribution in [2.75, 3.05) is 6.61 Å². The molecule has 4 nitrogen and oxygen atoms in total. The lowest BCUT2D eigenvalue weighted by atomic mass is 9.90. The lowest BCUT2D eigenvalue weighted by molar-refractivity contribution is 0.188. The van der Waals surface area contributed by atoms with E-state index in [4.69, 9.17) is 9.79 Å². The van der Waals surface area contributed by atoms with Crippen molar-refractivity contribution in [3.05, 3.63) is 0 Å². The molecule has 176 valence electrons. The minimum atomic E-state index is -4.31. The van der Waals surface area contributed by atoms with Gasteiger partial charge < -0.3 is 9.79 Å². The first-order valence-corrected chi connectivity index (χ1v) is 14.2. The van der Waals surface area contributed by atoms with Crippen molar-refractivity contribution in [1.29, 1.82) is 0 Å². The summed E-state index contributed by atoms with van der Waals surface area (Å²) in [5.74, 6) is 0.690. The average molecular weight is 435 g/mol. The molecule has 0 aliphatic rings. The number of hydrogen-bond acceptors (Lipinski definition) is 2. The molecule has 0 saturated heterocycles. The summed E-state index contributed by atoms with van der Waals surface area (Å²) in [6, 6.07) is 0. The molecule has 0 saturated carbocycles. The van der Waals surface area contributed by atoms with Crippen LogP contribution in [0.5, 0.6) is 0 Å². The number of rotatable bonds is 23. The second kappa shape index (κ2) is 21.3. The van der Waals surface area contributed by atoms with Crippen molar-refractivity contribution in [2.24, 2.45) is 5.92 Å². The van der Waals surface area contributed by atoms with E-state index in [1.165, 1.54) is 116 Å². The molecule has 0 aliphatic carbocycles. The Morgan fingerprint density at radius 1 is 0.586 bits per heavy atom. The van der Waals surface area contributed by atoms with E-state index in [9.17, 15) is 4.57 Å². The molecule has 5 heteroatoms. The molecule has 0 aromatic rings. The monoisotopic (exact) mass is 434 g/mol. The Morgan fingerprint density at radius 2 is 0.931 bits per heavy atom. The van der Waals surface area contributed by atoms with Gasteiger partial charge >= 0.3 is 7.82 Å². The zero-order valence-corrected chi connectivity index (χ0v) is 20.5. The van der Waals surface area contributed by atoms with Gasteiger partial charge in [0, 0.05) is 0 Å². The summed E-state index contributed by atoms with van der Waals surface area (Å²) in [6.45, 7) is 4.70. The number of phosphoric acid groups is 1. The van der Waals surface area contributed by atoms with Gasteiger partial charge in [0.15, 0.2) is 0 Å². The standard InChI is InChI=1S/C24H51O4P/c1-3-5-7-9-11-13-15-17-20-24(22-19-23-28-29(25,26)27)21-18-16-14-12-10-8-6-4-2/h24H,3-23H2,1-2H3,(H2,25,26,27). The summed E-state index contributed by atoms with van der Waals surface area (Å²) >= 11 is 0. The van der Waals surface area contributed by atoms with Crippen molar-refractivity contribution < 1.29 is 18.9 Å². The fraction of sp³-hybridized carbons (Fsp3) is 1.00. The summed E-state index contributed by atoms with van der Waals surface area (Å²) in [5.41, 5.74) is 0. The molecule has 0 atom stereocenters. The fourth-order valence-electron chi connectivity index (χ4n) is 4.12. The third-order valence-corrected chi connectivity index (χ3v) is 6.47. The van der Waals surface area contributed by atoms with E-state index in [1.807, 2.05) is 0 Å². The van der Waals surface area contributed by atoms with Gasteiger partial charge in [-0.25, -0.2) is 4.57 Å². The molecular formula is C24H51O4P. The summed E-state index contributed by atoms with van der Waals surface area (Å²) in [4.78, 5) is 17.7. The lowest BCUT2D eigenvalue weighted by Crippen LogP contribution is -2.04. The molecule has 0 radical (unpaired) electrons. The van der Waals surface area contributed by atoms with Crippen LogP contribution < -0.4 is 0 Å². The molecule has 0 amide bonds. The van der Waals surface area contributed by atoms with Gasteiger partial charge in [-0.2, -0.15) is 0 Å². The summed E-state index contributed by atoms with van der Waals surface area (Å²) in [6.07, 6.45) is 26.0. The molecule has 0 fully saturated rings. The van der Waals surface area contributed by atoms with Gasteiger partial charge in [-0.05, 0) is 18.8 Å². The Labute approximate surface area is 181 Å². The van der Waals surface area contributed by atoms with Crippen LogP contribution in [0.2, 0.25) is 0 Å². The minimum Gasteiger partial charge on any atom is -0.303 e. The summed E-state index contributed by atoms with van der Waals surface area (Å²) < 4.78 is 15.5. The van der Waals surface area contributed by atoms with E-state index in [1.54, 1.807) is 0 Å². The van der Waals surface area contributed by atoms with Gasteiger partial charge in [-0.3, -0.25) is 4.52 Å². The molecule has 0 aliphatic heterocycles. The second-order valence-electron chi connectivity index (χ2n) is 8.86. The molecule has 0 aromatic carbocycles. The minimum absolute atomic E-state index is 0.176. The number of unbranched alkanes of at least 4 members (excludes halogenated alkanes) is 14. The van der Waals surface area contributed by atoms with E-state index >= 15 is 0 Å². The van der Waals surface area contributed by atoms with Crippen LogP contribution in [0.1, 0.15) is 142 Å². The Bertz CT molecular complexity index is 350. The van der Waals surface area contributed by atoms with Crippen LogP contribution >= 0.6 is 7.82 Å². The maximum atomic E-state index is 10.8. The maximum Gasteiger partial charge on any atom is 0.469 e. The topological polar surface area (TPSA) is 66.8 Å². The normalized spacial score (nSPS) is 12.2. The van der Waals surface area contributed by atoms with E-state index < -0.39 is 7.82 Å². The number of hydrogen-bond donors (Lipinski definition) is 2. The zero-order valence-electron chi connectivity index (χ0n) is 19.6. The van der Waals surface area contributed by atoms with Crippen LogP contribution in [0.15, 0.2) is 0 Å². The van der Waals surface area contributed by atoms with Crippen molar-refractivity contribution in [2.45, 2.75) is 142 Å². The van der Waals surface area contributed by atoms with E-state index in [0.717, 1.165) is 12.8 Å². The molecule has 2 N–H and O–H groups in total. The first-order valence-electron chi connectivity index (χ1n) is 12.7.